The van der Waals surface area contributed by atoms with Gasteiger partial charge in [-0.05, 0) is 48.2 Å². The zero-order valence-electron chi connectivity index (χ0n) is 15.4. The predicted molar refractivity (Wildman–Crippen MR) is 101 cm³/mol. The monoisotopic (exact) mass is 380 g/mol. The quantitative estimate of drug-likeness (QED) is 0.623. The number of ether oxygens (including phenoxy) is 1. The first-order valence-corrected chi connectivity index (χ1v) is 8.69. The van der Waals surface area contributed by atoms with Crippen LogP contribution in [0.4, 0.5) is 20.4 Å². The Bertz CT molecular complexity index is 1010. The van der Waals surface area contributed by atoms with Crippen LogP contribution >= 0.6 is 0 Å². The molecule has 0 atom stereocenters. The first-order valence-electron chi connectivity index (χ1n) is 8.69. The molecule has 0 aliphatic rings. The van der Waals surface area contributed by atoms with Crippen molar-refractivity contribution >= 4 is 11.6 Å². The molecule has 0 bridgehead atoms. The van der Waals surface area contributed by atoms with Crippen molar-refractivity contribution in [1.82, 2.24) is 9.97 Å². The number of nitrogens with one attached hydrogen (secondary N) is 1. The number of pyridine rings is 2. The SMILES string of the molecule is CC(C)Cc1cnc(Nc2ccc(C#N)cn2)c(Oc2ccc(F)cc2F)c1. The van der Waals surface area contributed by atoms with E-state index in [0.29, 0.717) is 23.1 Å². The van der Waals surface area contributed by atoms with E-state index in [-0.39, 0.29) is 11.5 Å². The summed E-state index contributed by atoms with van der Waals surface area (Å²) in [5, 5.41) is 11.9. The second kappa shape index (κ2) is 8.44. The fraction of sp³-hybridized carbons (Fsp3) is 0.190. The Hall–Kier alpha value is -3.53. The highest BCUT2D eigenvalue weighted by molar-refractivity contribution is 5.61. The zero-order chi connectivity index (χ0) is 20.1. The van der Waals surface area contributed by atoms with Crippen molar-refractivity contribution in [3.63, 3.8) is 0 Å². The van der Waals surface area contributed by atoms with Gasteiger partial charge in [-0.3, -0.25) is 0 Å². The first kappa shape index (κ1) is 19.2. The maximum Gasteiger partial charge on any atom is 0.175 e. The molecule has 0 amide bonds. The van der Waals surface area contributed by atoms with Gasteiger partial charge in [0, 0.05) is 18.5 Å². The molecule has 0 saturated carbocycles. The van der Waals surface area contributed by atoms with Gasteiger partial charge in [0.2, 0.25) is 0 Å². The van der Waals surface area contributed by atoms with Gasteiger partial charge in [-0.15, -0.1) is 0 Å². The lowest BCUT2D eigenvalue weighted by atomic mass is 10.0. The third-order valence-electron chi connectivity index (χ3n) is 3.81. The van der Waals surface area contributed by atoms with Crippen LogP contribution in [0, 0.1) is 28.9 Å². The second-order valence-corrected chi connectivity index (χ2v) is 6.63. The molecule has 0 radical (unpaired) electrons. The highest BCUT2D eigenvalue weighted by Gasteiger charge is 2.13. The van der Waals surface area contributed by atoms with E-state index in [1.165, 1.54) is 12.3 Å². The summed E-state index contributed by atoms with van der Waals surface area (Å²) in [5.41, 5.74) is 1.35. The summed E-state index contributed by atoms with van der Waals surface area (Å²) in [6.45, 7) is 4.15. The fourth-order valence-corrected chi connectivity index (χ4v) is 2.57. The molecule has 3 rings (SSSR count). The van der Waals surface area contributed by atoms with E-state index in [1.54, 1.807) is 24.4 Å². The van der Waals surface area contributed by atoms with E-state index < -0.39 is 11.6 Å². The highest BCUT2D eigenvalue weighted by atomic mass is 19.1. The van der Waals surface area contributed by atoms with E-state index >= 15 is 0 Å². The largest absolute Gasteiger partial charge is 0.450 e. The molecule has 0 saturated heterocycles. The molecule has 7 heteroatoms. The molecule has 3 aromatic rings. The number of rotatable bonds is 6. The third kappa shape index (κ3) is 4.80. The Morgan fingerprint density at radius 1 is 1.07 bits per heavy atom. The van der Waals surface area contributed by atoms with Gasteiger partial charge in [0.25, 0.3) is 0 Å². The molecule has 1 aromatic carbocycles. The minimum Gasteiger partial charge on any atom is -0.450 e. The topological polar surface area (TPSA) is 70.8 Å². The van der Waals surface area contributed by atoms with E-state index in [9.17, 15) is 8.78 Å². The second-order valence-electron chi connectivity index (χ2n) is 6.63. The van der Waals surface area contributed by atoms with Crippen LogP contribution in [0.3, 0.4) is 0 Å². The molecule has 2 heterocycles. The van der Waals surface area contributed by atoms with E-state index in [1.807, 2.05) is 6.07 Å². The zero-order valence-corrected chi connectivity index (χ0v) is 15.4. The van der Waals surface area contributed by atoms with Gasteiger partial charge in [-0.25, -0.2) is 18.7 Å². The van der Waals surface area contributed by atoms with Gasteiger partial charge in [0.15, 0.2) is 23.1 Å². The van der Waals surface area contributed by atoms with Crippen molar-refractivity contribution in [2.45, 2.75) is 20.3 Å². The third-order valence-corrected chi connectivity index (χ3v) is 3.81. The minimum absolute atomic E-state index is 0.110. The molecule has 0 aliphatic heterocycles. The lowest BCUT2D eigenvalue weighted by Crippen LogP contribution is -2.02. The number of benzene rings is 1. The molecule has 142 valence electrons. The average Bonchev–Trinajstić information content (AvgIpc) is 2.66. The van der Waals surface area contributed by atoms with Crippen molar-refractivity contribution in [3.8, 4) is 17.6 Å². The number of aromatic nitrogens is 2. The summed E-state index contributed by atoms with van der Waals surface area (Å²) in [7, 11) is 0. The summed E-state index contributed by atoms with van der Waals surface area (Å²) >= 11 is 0. The Balaban J connectivity index is 1.94. The summed E-state index contributed by atoms with van der Waals surface area (Å²) in [4.78, 5) is 8.52. The molecule has 0 spiro atoms. The first-order chi connectivity index (χ1) is 13.4. The molecule has 0 fully saturated rings. The number of nitrogens with zero attached hydrogens (tertiary/aromatic N) is 3. The summed E-state index contributed by atoms with van der Waals surface area (Å²) in [5.74, 6) is -0.138. The number of hydrogen-bond acceptors (Lipinski definition) is 5. The van der Waals surface area contributed by atoms with Crippen molar-refractivity contribution < 1.29 is 13.5 Å². The molecule has 0 aliphatic carbocycles. The average molecular weight is 380 g/mol. The molecule has 0 unspecified atom stereocenters. The Labute approximate surface area is 161 Å². The summed E-state index contributed by atoms with van der Waals surface area (Å²) < 4.78 is 32.9. The molecule has 2 aromatic heterocycles. The van der Waals surface area contributed by atoms with Crippen LogP contribution < -0.4 is 10.1 Å². The number of halogens is 2. The van der Waals surface area contributed by atoms with Crippen LogP contribution in [0.2, 0.25) is 0 Å². The summed E-state index contributed by atoms with van der Waals surface area (Å²) in [6.07, 6.45) is 3.90. The van der Waals surface area contributed by atoms with Crippen molar-refractivity contribution in [2.24, 2.45) is 5.92 Å². The highest BCUT2D eigenvalue weighted by Crippen LogP contribution is 2.32. The lowest BCUT2D eigenvalue weighted by Gasteiger charge is -2.14. The number of anilines is 2. The van der Waals surface area contributed by atoms with Gasteiger partial charge in [0.05, 0.1) is 5.56 Å². The molecule has 1 N–H and O–H groups in total. The standard InChI is InChI=1S/C21H18F2N4O/c1-13(2)7-15-8-19(28-18-5-4-16(22)9-17(18)23)21(26-12-15)27-20-6-3-14(10-24)11-25-20/h3-6,8-9,11-13H,7H2,1-2H3,(H,25,26,27). The smallest absolute Gasteiger partial charge is 0.175 e. The lowest BCUT2D eigenvalue weighted by molar-refractivity contribution is 0.437. The van der Waals surface area contributed by atoms with Crippen molar-refractivity contribution in [3.05, 3.63) is 71.6 Å². The Morgan fingerprint density at radius 2 is 1.89 bits per heavy atom. The molecular weight excluding hydrogens is 362 g/mol. The predicted octanol–water partition coefficient (Wildman–Crippen LogP) is 5.36. The Morgan fingerprint density at radius 3 is 2.54 bits per heavy atom. The van der Waals surface area contributed by atoms with Crippen molar-refractivity contribution in [2.75, 3.05) is 5.32 Å². The maximum absolute atomic E-state index is 14.0. The van der Waals surface area contributed by atoms with E-state index in [0.717, 1.165) is 24.1 Å². The van der Waals surface area contributed by atoms with Crippen LogP contribution in [0.5, 0.6) is 11.5 Å². The number of hydrogen-bond donors (Lipinski definition) is 1. The Kier molecular flexibility index (Phi) is 5.80. The van der Waals surface area contributed by atoms with E-state index in [2.05, 4.69) is 29.1 Å². The number of nitriles is 1. The van der Waals surface area contributed by atoms with Gasteiger partial charge < -0.3 is 10.1 Å². The molecule has 5 nitrogen and oxygen atoms in total. The van der Waals surface area contributed by atoms with Crippen LogP contribution in [-0.2, 0) is 6.42 Å². The molecular formula is C21H18F2N4O. The maximum atomic E-state index is 14.0. The fourth-order valence-electron chi connectivity index (χ4n) is 2.57. The molecule has 28 heavy (non-hydrogen) atoms. The van der Waals surface area contributed by atoms with Gasteiger partial charge in [0.1, 0.15) is 17.7 Å². The van der Waals surface area contributed by atoms with E-state index in [4.69, 9.17) is 10.00 Å². The van der Waals surface area contributed by atoms with Crippen LogP contribution in [0.1, 0.15) is 25.0 Å². The van der Waals surface area contributed by atoms with Gasteiger partial charge >= 0.3 is 0 Å². The van der Waals surface area contributed by atoms with Gasteiger partial charge in [-0.2, -0.15) is 5.26 Å². The summed E-state index contributed by atoms with van der Waals surface area (Å²) in [6, 6.07) is 10.1. The minimum atomic E-state index is -0.809. The van der Waals surface area contributed by atoms with Crippen LogP contribution in [0.25, 0.3) is 0 Å². The van der Waals surface area contributed by atoms with Gasteiger partial charge in [-0.1, -0.05) is 13.8 Å². The van der Waals surface area contributed by atoms with Crippen LogP contribution in [0.15, 0.2) is 48.8 Å². The normalized spacial score (nSPS) is 10.6. The van der Waals surface area contributed by atoms with Crippen molar-refractivity contribution in [1.29, 1.82) is 5.26 Å². The van der Waals surface area contributed by atoms with Crippen LogP contribution in [-0.4, -0.2) is 9.97 Å².